The molecule has 2 amide bonds. The first-order chi connectivity index (χ1) is 12.5. The summed E-state index contributed by atoms with van der Waals surface area (Å²) in [6, 6.07) is 12.2. The fourth-order valence-corrected chi connectivity index (χ4v) is 4.03. The SMILES string of the molecule is NC(=O)CSc1nc2ccc(NC(=O)COc3ccc(Cl)cc3)cc2s1. The van der Waals surface area contributed by atoms with Crippen molar-refractivity contribution in [1.29, 1.82) is 0 Å². The van der Waals surface area contributed by atoms with Crippen LogP contribution in [0.3, 0.4) is 0 Å². The second-order valence-electron chi connectivity index (χ2n) is 5.21. The summed E-state index contributed by atoms with van der Waals surface area (Å²) in [4.78, 5) is 27.3. The summed E-state index contributed by atoms with van der Waals surface area (Å²) in [5, 5.41) is 3.39. The van der Waals surface area contributed by atoms with Gasteiger partial charge in [0.2, 0.25) is 5.91 Å². The van der Waals surface area contributed by atoms with Crippen LogP contribution in [0.15, 0.2) is 46.8 Å². The maximum Gasteiger partial charge on any atom is 0.262 e. The van der Waals surface area contributed by atoms with Gasteiger partial charge in [-0.3, -0.25) is 9.59 Å². The van der Waals surface area contributed by atoms with Gasteiger partial charge in [-0.05, 0) is 42.5 Å². The number of aromatic nitrogens is 1. The van der Waals surface area contributed by atoms with Gasteiger partial charge in [0.25, 0.3) is 5.91 Å². The van der Waals surface area contributed by atoms with Crippen molar-refractivity contribution in [2.75, 3.05) is 17.7 Å². The molecule has 3 aromatic rings. The van der Waals surface area contributed by atoms with Crippen LogP contribution in [0.4, 0.5) is 5.69 Å². The molecule has 2 aromatic carbocycles. The van der Waals surface area contributed by atoms with Gasteiger partial charge in [0.15, 0.2) is 10.9 Å². The molecule has 0 fully saturated rings. The molecule has 0 radical (unpaired) electrons. The number of benzene rings is 2. The number of thioether (sulfide) groups is 1. The topological polar surface area (TPSA) is 94.3 Å². The number of thiazole rings is 1. The number of rotatable bonds is 7. The largest absolute Gasteiger partial charge is 0.484 e. The van der Waals surface area contributed by atoms with E-state index in [1.54, 1.807) is 30.3 Å². The van der Waals surface area contributed by atoms with Crippen LogP contribution in [0.25, 0.3) is 10.2 Å². The van der Waals surface area contributed by atoms with Crippen molar-refractivity contribution < 1.29 is 14.3 Å². The molecule has 0 unspecified atom stereocenters. The number of primary amides is 1. The van der Waals surface area contributed by atoms with E-state index in [0.717, 1.165) is 14.6 Å². The minimum absolute atomic E-state index is 0.109. The lowest BCUT2D eigenvalue weighted by atomic mass is 10.3. The monoisotopic (exact) mass is 407 g/mol. The molecule has 9 heteroatoms. The van der Waals surface area contributed by atoms with Gasteiger partial charge in [-0.15, -0.1) is 11.3 Å². The molecule has 134 valence electrons. The number of nitrogens with two attached hydrogens (primary N) is 1. The summed E-state index contributed by atoms with van der Waals surface area (Å²) in [7, 11) is 0. The standard InChI is InChI=1S/C17H14ClN3O3S2/c18-10-1-4-12(5-2-10)24-8-16(23)20-11-3-6-13-14(7-11)26-17(21-13)25-9-15(19)22/h1-7H,8-9H2,(H2,19,22)(H,20,23). The summed E-state index contributed by atoms with van der Waals surface area (Å²) in [6.45, 7) is -0.109. The minimum atomic E-state index is -0.386. The fraction of sp³-hybridized carbons (Fsp3) is 0.118. The molecular formula is C17H14ClN3O3S2. The van der Waals surface area contributed by atoms with E-state index in [4.69, 9.17) is 22.1 Å². The van der Waals surface area contributed by atoms with Crippen LogP contribution in [0.1, 0.15) is 0 Å². The van der Waals surface area contributed by atoms with E-state index < -0.39 is 0 Å². The van der Waals surface area contributed by atoms with E-state index in [2.05, 4.69) is 10.3 Å². The summed E-state index contributed by atoms with van der Waals surface area (Å²) in [6.07, 6.45) is 0. The lowest BCUT2D eigenvalue weighted by molar-refractivity contribution is -0.118. The Balaban J connectivity index is 1.59. The summed E-state index contributed by atoms with van der Waals surface area (Å²) >= 11 is 8.54. The number of amides is 2. The third kappa shape index (κ3) is 5.10. The zero-order valence-electron chi connectivity index (χ0n) is 13.4. The molecule has 26 heavy (non-hydrogen) atoms. The predicted molar refractivity (Wildman–Crippen MR) is 105 cm³/mol. The maximum absolute atomic E-state index is 12.0. The Bertz CT molecular complexity index is 944. The lowest BCUT2D eigenvalue weighted by Crippen LogP contribution is -2.20. The van der Waals surface area contributed by atoms with Crippen LogP contribution in [-0.4, -0.2) is 29.2 Å². The quantitative estimate of drug-likeness (QED) is 0.584. The summed E-state index contributed by atoms with van der Waals surface area (Å²) in [5.41, 5.74) is 6.60. The second-order valence-corrected chi connectivity index (χ2v) is 7.90. The van der Waals surface area contributed by atoms with Crippen molar-refractivity contribution in [2.24, 2.45) is 5.73 Å². The van der Waals surface area contributed by atoms with Crippen LogP contribution in [0.5, 0.6) is 5.75 Å². The molecule has 1 aromatic heterocycles. The molecular weight excluding hydrogens is 394 g/mol. The molecule has 1 heterocycles. The van der Waals surface area contributed by atoms with Gasteiger partial charge < -0.3 is 15.8 Å². The summed E-state index contributed by atoms with van der Waals surface area (Å²) in [5.74, 6) is 0.0967. The maximum atomic E-state index is 12.0. The van der Waals surface area contributed by atoms with Crippen molar-refractivity contribution >= 4 is 62.4 Å². The van der Waals surface area contributed by atoms with Gasteiger partial charge in [-0.1, -0.05) is 23.4 Å². The average molecular weight is 408 g/mol. The fourth-order valence-electron chi connectivity index (χ4n) is 2.05. The number of fused-ring (bicyclic) bond motifs is 1. The molecule has 3 N–H and O–H groups in total. The number of halogens is 1. The van der Waals surface area contributed by atoms with E-state index in [9.17, 15) is 9.59 Å². The zero-order valence-corrected chi connectivity index (χ0v) is 15.8. The molecule has 0 aliphatic heterocycles. The highest BCUT2D eigenvalue weighted by Gasteiger charge is 2.09. The van der Waals surface area contributed by atoms with Gasteiger partial charge in [-0.2, -0.15) is 0 Å². The number of hydrogen-bond acceptors (Lipinski definition) is 6. The van der Waals surface area contributed by atoms with E-state index in [0.29, 0.717) is 16.5 Å². The Kier molecular flexibility index (Phi) is 5.97. The number of carbonyl (C=O) groups excluding carboxylic acids is 2. The van der Waals surface area contributed by atoms with Gasteiger partial charge in [-0.25, -0.2) is 4.98 Å². The molecule has 6 nitrogen and oxygen atoms in total. The molecule has 3 rings (SSSR count). The zero-order chi connectivity index (χ0) is 18.5. The first-order valence-electron chi connectivity index (χ1n) is 7.49. The van der Waals surface area contributed by atoms with E-state index in [1.807, 2.05) is 12.1 Å². The number of nitrogens with one attached hydrogen (secondary N) is 1. The highest BCUT2D eigenvalue weighted by atomic mass is 35.5. The average Bonchev–Trinajstić information content (AvgIpc) is 3.02. The second kappa shape index (κ2) is 8.39. The highest BCUT2D eigenvalue weighted by molar-refractivity contribution is 8.01. The number of anilines is 1. The van der Waals surface area contributed by atoms with Crippen molar-refractivity contribution in [1.82, 2.24) is 4.98 Å². The van der Waals surface area contributed by atoms with Crippen LogP contribution in [-0.2, 0) is 9.59 Å². The number of hydrogen-bond donors (Lipinski definition) is 2. The third-order valence-corrected chi connectivity index (χ3v) is 5.61. The molecule has 0 aliphatic carbocycles. The van der Waals surface area contributed by atoms with E-state index in [1.165, 1.54) is 23.1 Å². The van der Waals surface area contributed by atoms with Crippen LogP contribution in [0.2, 0.25) is 5.02 Å². The molecule has 0 spiro atoms. The Morgan fingerprint density at radius 3 is 2.73 bits per heavy atom. The Morgan fingerprint density at radius 1 is 1.23 bits per heavy atom. The van der Waals surface area contributed by atoms with Crippen LogP contribution in [0, 0.1) is 0 Å². The van der Waals surface area contributed by atoms with Gasteiger partial charge in [0.1, 0.15) is 5.75 Å². The Labute approximate surface area is 162 Å². The van der Waals surface area contributed by atoms with Crippen LogP contribution >= 0.6 is 34.7 Å². The van der Waals surface area contributed by atoms with Crippen molar-refractivity contribution in [3.63, 3.8) is 0 Å². The molecule has 0 aliphatic rings. The number of ether oxygens (including phenoxy) is 1. The highest BCUT2D eigenvalue weighted by Crippen LogP contribution is 2.31. The predicted octanol–water partition coefficient (Wildman–Crippen LogP) is 3.54. The third-order valence-electron chi connectivity index (χ3n) is 3.17. The van der Waals surface area contributed by atoms with Gasteiger partial charge in [0, 0.05) is 10.7 Å². The van der Waals surface area contributed by atoms with Crippen molar-refractivity contribution in [3.05, 3.63) is 47.5 Å². The minimum Gasteiger partial charge on any atom is -0.484 e. The first kappa shape index (κ1) is 18.5. The Morgan fingerprint density at radius 2 is 2.00 bits per heavy atom. The number of carbonyl (C=O) groups is 2. The molecule has 0 bridgehead atoms. The molecule has 0 saturated heterocycles. The Hall–Kier alpha value is -2.29. The smallest absolute Gasteiger partial charge is 0.262 e. The van der Waals surface area contributed by atoms with Crippen molar-refractivity contribution in [2.45, 2.75) is 4.34 Å². The summed E-state index contributed by atoms with van der Waals surface area (Å²) < 4.78 is 7.08. The van der Waals surface area contributed by atoms with Gasteiger partial charge >= 0.3 is 0 Å². The number of nitrogens with zero attached hydrogens (tertiary/aromatic N) is 1. The van der Waals surface area contributed by atoms with E-state index >= 15 is 0 Å². The normalized spacial score (nSPS) is 10.7. The van der Waals surface area contributed by atoms with Gasteiger partial charge in [0.05, 0.1) is 16.0 Å². The first-order valence-corrected chi connectivity index (χ1v) is 9.67. The van der Waals surface area contributed by atoms with E-state index in [-0.39, 0.29) is 24.2 Å². The van der Waals surface area contributed by atoms with Crippen LogP contribution < -0.4 is 15.8 Å². The lowest BCUT2D eigenvalue weighted by Gasteiger charge is -2.07. The molecule has 0 atom stereocenters. The molecule has 0 saturated carbocycles. The van der Waals surface area contributed by atoms with Crippen molar-refractivity contribution in [3.8, 4) is 5.75 Å².